The van der Waals surface area contributed by atoms with Gasteiger partial charge in [-0.25, -0.2) is 9.78 Å². The Bertz CT molecular complexity index is 627. The van der Waals surface area contributed by atoms with Gasteiger partial charge < -0.3 is 15.7 Å². The Balaban J connectivity index is 0.000000256. The molecular formula is C14H15BrF3N3O3. The lowest BCUT2D eigenvalue weighted by molar-refractivity contribution is -0.192. The molecule has 6 nitrogen and oxygen atoms in total. The van der Waals surface area contributed by atoms with E-state index in [0.29, 0.717) is 17.8 Å². The summed E-state index contributed by atoms with van der Waals surface area (Å²) in [5.41, 5.74) is 0. The third-order valence-electron chi connectivity index (χ3n) is 3.85. The number of carboxylic acids is 1. The zero-order valence-corrected chi connectivity index (χ0v) is 13.9. The quantitative estimate of drug-likeness (QED) is 0.652. The molecule has 0 spiro atoms. The highest BCUT2D eigenvalue weighted by Gasteiger charge is 2.42. The number of aromatic nitrogens is 1. The van der Waals surface area contributed by atoms with Crippen LogP contribution >= 0.6 is 15.9 Å². The van der Waals surface area contributed by atoms with Crippen molar-refractivity contribution in [2.45, 2.75) is 37.5 Å². The zero-order chi connectivity index (χ0) is 17.9. The number of nitrogens with one attached hydrogen (secondary N) is 2. The number of carbonyl (C=O) groups is 2. The van der Waals surface area contributed by atoms with Gasteiger partial charge in [0, 0.05) is 6.04 Å². The summed E-state index contributed by atoms with van der Waals surface area (Å²) in [4.78, 5) is 25.2. The van der Waals surface area contributed by atoms with E-state index in [-0.39, 0.29) is 11.9 Å². The summed E-state index contributed by atoms with van der Waals surface area (Å²) < 4.78 is 32.5. The highest BCUT2D eigenvalue weighted by atomic mass is 79.9. The summed E-state index contributed by atoms with van der Waals surface area (Å²) in [6.45, 7) is 0. The largest absolute Gasteiger partial charge is 0.490 e. The Hall–Kier alpha value is -1.68. The molecule has 2 fully saturated rings. The second-order valence-corrected chi connectivity index (χ2v) is 6.36. The zero-order valence-electron chi connectivity index (χ0n) is 12.3. The lowest BCUT2D eigenvalue weighted by Crippen LogP contribution is -2.44. The maximum absolute atomic E-state index is 12.1. The first kappa shape index (κ1) is 18.7. The lowest BCUT2D eigenvalue weighted by Gasteiger charge is -2.21. The van der Waals surface area contributed by atoms with Gasteiger partial charge in [0.25, 0.3) is 0 Å². The fourth-order valence-corrected chi connectivity index (χ4v) is 3.18. The summed E-state index contributed by atoms with van der Waals surface area (Å²) in [5, 5.41) is 13.4. The van der Waals surface area contributed by atoms with E-state index in [0.717, 1.165) is 11.0 Å². The third-order valence-corrected chi connectivity index (χ3v) is 4.29. The number of piperidine rings is 1. The normalized spacial score (nSPS) is 24.9. The molecule has 2 bridgehead atoms. The molecule has 2 aliphatic rings. The molecule has 1 saturated carbocycles. The average molecular weight is 410 g/mol. The summed E-state index contributed by atoms with van der Waals surface area (Å²) >= 11 is 3.29. The van der Waals surface area contributed by atoms with Crippen LogP contribution in [0.1, 0.15) is 19.3 Å². The molecular weight excluding hydrogens is 395 g/mol. The van der Waals surface area contributed by atoms with Crippen LogP contribution in [0, 0.1) is 5.92 Å². The van der Waals surface area contributed by atoms with Crippen molar-refractivity contribution in [3.8, 4) is 0 Å². The van der Waals surface area contributed by atoms with E-state index in [1.807, 2.05) is 12.1 Å². The third kappa shape index (κ3) is 4.91. The van der Waals surface area contributed by atoms with Crippen LogP contribution in [0.4, 0.5) is 19.0 Å². The number of carboxylic acid groups (broad SMARTS) is 1. The van der Waals surface area contributed by atoms with Crippen molar-refractivity contribution in [2.24, 2.45) is 5.92 Å². The number of halogens is 4. The number of nitrogens with zero attached hydrogens (tertiary/aromatic N) is 1. The summed E-state index contributed by atoms with van der Waals surface area (Å²) in [7, 11) is 0. The van der Waals surface area contributed by atoms with Crippen molar-refractivity contribution in [1.29, 1.82) is 0 Å². The van der Waals surface area contributed by atoms with Crippen LogP contribution in [-0.2, 0) is 9.59 Å². The van der Waals surface area contributed by atoms with Gasteiger partial charge in [0.1, 0.15) is 10.4 Å². The summed E-state index contributed by atoms with van der Waals surface area (Å²) in [6, 6.07) is 6.02. The van der Waals surface area contributed by atoms with Crippen LogP contribution < -0.4 is 10.6 Å². The van der Waals surface area contributed by atoms with Gasteiger partial charge >= 0.3 is 12.1 Å². The van der Waals surface area contributed by atoms with Gasteiger partial charge in [-0.05, 0) is 53.2 Å². The number of alkyl halides is 3. The molecule has 1 amide bonds. The van der Waals surface area contributed by atoms with Crippen molar-refractivity contribution < 1.29 is 27.9 Å². The molecule has 1 aliphatic carbocycles. The minimum atomic E-state index is -5.08. The number of aliphatic carboxylic acids is 1. The summed E-state index contributed by atoms with van der Waals surface area (Å²) in [6.07, 6.45) is -1.56. The van der Waals surface area contributed by atoms with Gasteiger partial charge in [0.2, 0.25) is 5.91 Å². The summed E-state index contributed by atoms with van der Waals surface area (Å²) in [5.74, 6) is -1.60. The molecule has 1 aromatic heterocycles. The van der Waals surface area contributed by atoms with Crippen molar-refractivity contribution >= 4 is 33.6 Å². The number of hydrogen-bond acceptors (Lipinski definition) is 4. The van der Waals surface area contributed by atoms with E-state index in [1.165, 1.54) is 12.8 Å². The fraction of sp³-hybridized carbons (Fsp3) is 0.500. The maximum Gasteiger partial charge on any atom is 0.490 e. The molecule has 132 valence electrons. The standard InChI is InChI=1S/C12H14BrN3O.C2HF3O2/c13-9-2-1-3-10(15-9)16-12(17)11-7-4-5-8(6-7)14-11;3-2(4,5)1(6)7/h1-3,7-8,11,14H,4-6H2,(H,15,16,17);(H,6,7)/t7-,8?,11-;/m0./s1. The minimum absolute atomic E-state index is 0.0328. The first-order valence-electron chi connectivity index (χ1n) is 7.16. The van der Waals surface area contributed by atoms with Crippen molar-refractivity contribution in [3.63, 3.8) is 0 Å². The molecule has 3 rings (SSSR count). The molecule has 1 unspecified atom stereocenters. The molecule has 3 N–H and O–H groups in total. The molecule has 0 aromatic carbocycles. The first-order chi connectivity index (χ1) is 11.2. The number of pyridine rings is 1. The minimum Gasteiger partial charge on any atom is -0.475 e. The number of amides is 1. The molecule has 0 radical (unpaired) electrons. The topological polar surface area (TPSA) is 91.3 Å². The van der Waals surface area contributed by atoms with Gasteiger partial charge in [-0.2, -0.15) is 13.2 Å². The van der Waals surface area contributed by atoms with E-state index >= 15 is 0 Å². The van der Waals surface area contributed by atoms with Crippen molar-refractivity contribution in [2.75, 3.05) is 5.32 Å². The highest BCUT2D eigenvalue weighted by molar-refractivity contribution is 9.10. The van der Waals surface area contributed by atoms with Gasteiger partial charge in [-0.15, -0.1) is 0 Å². The van der Waals surface area contributed by atoms with Crippen LogP contribution in [0.3, 0.4) is 0 Å². The number of anilines is 1. The Morgan fingerprint density at radius 1 is 1.33 bits per heavy atom. The Morgan fingerprint density at radius 2 is 2.00 bits per heavy atom. The fourth-order valence-electron chi connectivity index (χ4n) is 2.83. The SMILES string of the molecule is O=C(Nc1cccc(Br)n1)[C@H]1NC2CC[C@H]1C2.O=C(O)C(F)(F)F. The van der Waals surface area contributed by atoms with Crippen LogP contribution in [0.15, 0.2) is 22.8 Å². The maximum atomic E-state index is 12.1. The highest BCUT2D eigenvalue weighted by Crippen LogP contribution is 2.35. The van der Waals surface area contributed by atoms with Gasteiger partial charge in [-0.1, -0.05) is 6.07 Å². The monoisotopic (exact) mass is 409 g/mol. The number of fused-ring (bicyclic) bond motifs is 2. The van der Waals surface area contributed by atoms with Crippen molar-refractivity contribution in [3.05, 3.63) is 22.8 Å². The smallest absolute Gasteiger partial charge is 0.475 e. The van der Waals surface area contributed by atoms with E-state index in [4.69, 9.17) is 9.90 Å². The Morgan fingerprint density at radius 3 is 2.46 bits per heavy atom. The molecule has 1 saturated heterocycles. The van der Waals surface area contributed by atoms with Crippen LogP contribution in [0.25, 0.3) is 0 Å². The Labute approximate surface area is 144 Å². The molecule has 3 atom stereocenters. The second-order valence-electron chi connectivity index (χ2n) is 5.55. The molecule has 24 heavy (non-hydrogen) atoms. The second kappa shape index (κ2) is 7.47. The van der Waals surface area contributed by atoms with Crippen molar-refractivity contribution in [1.82, 2.24) is 10.3 Å². The number of rotatable bonds is 2. The lowest BCUT2D eigenvalue weighted by atomic mass is 9.99. The molecule has 2 heterocycles. The van der Waals surface area contributed by atoms with Crippen LogP contribution in [0.2, 0.25) is 0 Å². The van der Waals surface area contributed by atoms with Gasteiger partial charge in [0.05, 0.1) is 6.04 Å². The van der Waals surface area contributed by atoms with Crippen LogP contribution in [-0.4, -0.2) is 40.2 Å². The predicted octanol–water partition coefficient (Wildman–Crippen LogP) is 2.56. The molecule has 1 aliphatic heterocycles. The van der Waals surface area contributed by atoms with E-state index < -0.39 is 12.1 Å². The van der Waals surface area contributed by atoms with Crippen LogP contribution in [0.5, 0.6) is 0 Å². The van der Waals surface area contributed by atoms with E-state index in [1.54, 1.807) is 6.07 Å². The number of carbonyl (C=O) groups excluding carboxylic acids is 1. The van der Waals surface area contributed by atoms with E-state index in [9.17, 15) is 18.0 Å². The van der Waals surface area contributed by atoms with Gasteiger partial charge in [0.15, 0.2) is 0 Å². The predicted molar refractivity (Wildman–Crippen MR) is 82.3 cm³/mol. The molecule has 10 heteroatoms. The first-order valence-corrected chi connectivity index (χ1v) is 7.95. The van der Waals surface area contributed by atoms with E-state index in [2.05, 4.69) is 31.5 Å². The Kier molecular flexibility index (Phi) is 5.81. The number of hydrogen-bond donors (Lipinski definition) is 3. The molecule has 1 aromatic rings. The van der Waals surface area contributed by atoms with Gasteiger partial charge in [-0.3, -0.25) is 4.79 Å². The average Bonchev–Trinajstić information content (AvgIpc) is 3.09.